The maximum atomic E-state index is 15.6. The summed E-state index contributed by atoms with van der Waals surface area (Å²) in [5.41, 5.74) is 9.86. The van der Waals surface area contributed by atoms with E-state index in [-0.39, 0.29) is 11.3 Å². The van der Waals surface area contributed by atoms with E-state index in [9.17, 15) is 6.57 Å². The van der Waals surface area contributed by atoms with E-state index in [1.165, 1.54) is 12.1 Å². The first-order chi connectivity index (χ1) is 38.4. The molecule has 0 saturated carbocycles. The Morgan fingerprint density at radius 3 is 1.09 bits per heavy atom. The number of fused-ring (bicyclic) bond motifs is 6. The first-order valence-corrected chi connectivity index (χ1v) is 25.3. The molecule has 0 aliphatic rings. The zero-order valence-electron chi connectivity index (χ0n) is 41.3. The highest BCUT2D eigenvalue weighted by molar-refractivity contribution is 6.13. The van der Waals surface area contributed by atoms with Crippen molar-refractivity contribution in [3.8, 4) is 90.8 Å². The van der Waals surface area contributed by atoms with E-state index < -0.39 is 11.6 Å². The van der Waals surface area contributed by atoms with Crippen LogP contribution in [-0.4, -0.2) is 39.0 Å². The quantitative estimate of drug-likeness (QED) is 0.134. The van der Waals surface area contributed by atoms with Crippen LogP contribution in [0.4, 0.5) is 14.5 Å². The molecular weight excluding hydrogens is 969 g/mol. The second-order valence-corrected chi connectivity index (χ2v) is 18.8. The topological polar surface area (TPSA) is 91.6 Å². The van der Waals surface area contributed by atoms with Gasteiger partial charge in [0.25, 0.3) is 0 Å². The van der Waals surface area contributed by atoms with Gasteiger partial charge in [0.05, 0.1) is 40.0 Å². The average Bonchev–Trinajstić information content (AvgIpc) is 4.18. The molecule has 0 radical (unpaired) electrons. The van der Waals surface area contributed by atoms with Crippen LogP contribution in [0.15, 0.2) is 237 Å². The largest absolute Gasteiger partial charge is 0.319 e. The van der Waals surface area contributed by atoms with E-state index >= 15 is 8.78 Å². The summed E-state index contributed by atoms with van der Waals surface area (Å²) in [7, 11) is 0. The van der Waals surface area contributed by atoms with E-state index in [0.717, 1.165) is 77.5 Å². The molecule has 0 spiro atoms. The number of benzene rings is 10. The summed E-state index contributed by atoms with van der Waals surface area (Å²) < 4.78 is 35.2. The highest BCUT2D eigenvalue weighted by Crippen LogP contribution is 2.47. The van der Waals surface area contributed by atoms with Crippen molar-refractivity contribution in [2.45, 2.75) is 0 Å². The normalized spacial score (nSPS) is 11.4. The van der Waals surface area contributed by atoms with Gasteiger partial charge in [-0.25, -0.2) is 43.5 Å². The highest BCUT2D eigenvalue weighted by Gasteiger charge is 2.26. The highest BCUT2D eigenvalue weighted by atomic mass is 19.1. The molecule has 78 heavy (non-hydrogen) atoms. The minimum Gasteiger partial charge on any atom is -0.319 e. The minimum atomic E-state index is -0.744. The van der Waals surface area contributed by atoms with E-state index in [1.54, 1.807) is 0 Å². The maximum absolute atomic E-state index is 15.6. The fourth-order valence-corrected chi connectivity index (χ4v) is 10.6. The van der Waals surface area contributed by atoms with Gasteiger partial charge in [-0.15, -0.1) is 0 Å². The molecule has 0 amide bonds. The molecule has 14 aromatic rings. The van der Waals surface area contributed by atoms with Crippen molar-refractivity contribution in [3.63, 3.8) is 0 Å². The van der Waals surface area contributed by atoms with Gasteiger partial charge in [-0.1, -0.05) is 188 Å². The summed E-state index contributed by atoms with van der Waals surface area (Å²) in [6.07, 6.45) is 0. The molecule has 0 bridgehead atoms. The van der Waals surface area contributed by atoms with Crippen molar-refractivity contribution in [1.82, 2.24) is 39.0 Å². The van der Waals surface area contributed by atoms with Crippen molar-refractivity contribution in [2.24, 2.45) is 0 Å². The van der Waals surface area contributed by atoms with E-state index in [0.29, 0.717) is 57.4 Å². The molecule has 366 valence electrons. The molecule has 0 unspecified atom stereocenters. The summed E-state index contributed by atoms with van der Waals surface area (Å²) in [6, 6.07) is 74.8. The number of rotatable bonds is 9. The first-order valence-electron chi connectivity index (χ1n) is 25.3. The van der Waals surface area contributed by atoms with Gasteiger partial charge in [0.15, 0.2) is 34.9 Å². The Bertz CT molecular complexity index is 4570. The Kier molecular flexibility index (Phi) is 11.0. The molecule has 4 heterocycles. The Balaban J connectivity index is 1.04. The molecule has 0 fully saturated rings. The molecule has 0 aliphatic carbocycles. The molecule has 9 nitrogen and oxygen atoms in total. The second kappa shape index (κ2) is 18.8. The van der Waals surface area contributed by atoms with Gasteiger partial charge in [0, 0.05) is 61.0 Å². The van der Waals surface area contributed by atoms with Crippen molar-refractivity contribution >= 4 is 49.3 Å². The van der Waals surface area contributed by atoms with Crippen LogP contribution < -0.4 is 0 Å². The van der Waals surface area contributed by atoms with E-state index in [1.807, 2.05) is 205 Å². The molecular formula is C67H39F2N9. The lowest BCUT2D eigenvalue weighted by atomic mass is 10.00. The van der Waals surface area contributed by atoms with Gasteiger partial charge in [0.1, 0.15) is 11.6 Å². The molecule has 14 rings (SSSR count). The molecule has 0 saturated heterocycles. The van der Waals surface area contributed by atoms with Gasteiger partial charge in [-0.05, 0) is 53.6 Å². The number of hydrogen-bond acceptors (Lipinski definition) is 6. The first kappa shape index (κ1) is 45.8. The molecule has 10 aromatic carbocycles. The van der Waals surface area contributed by atoms with E-state index in [2.05, 4.69) is 27.6 Å². The van der Waals surface area contributed by atoms with Crippen molar-refractivity contribution < 1.29 is 8.78 Å². The third-order valence-corrected chi connectivity index (χ3v) is 14.1. The molecule has 0 N–H and O–H groups in total. The van der Waals surface area contributed by atoms with Crippen LogP contribution in [-0.2, 0) is 0 Å². The monoisotopic (exact) mass is 1010 g/mol. The van der Waals surface area contributed by atoms with Crippen LogP contribution in [0.3, 0.4) is 0 Å². The third kappa shape index (κ3) is 7.91. The fourth-order valence-electron chi connectivity index (χ4n) is 10.6. The summed E-state index contributed by atoms with van der Waals surface area (Å²) in [5.74, 6) is 1.51. The molecule has 11 heteroatoms. The third-order valence-electron chi connectivity index (χ3n) is 14.1. The van der Waals surface area contributed by atoms with Crippen LogP contribution in [0.1, 0.15) is 0 Å². The fraction of sp³-hybridized carbons (Fsp3) is 0. The van der Waals surface area contributed by atoms with Crippen molar-refractivity contribution in [2.75, 3.05) is 0 Å². The smallest absolute Gasteiger partial charge is 0.234 e. The lowest BCUT2D eigenvalue weighted by Gasteiger charge is -2.20. The van der Waals surface area contributed by atoms with Crippen molar-refractivity contribution in [1.29, 1.82) is 0 Å². The van der Waals surface area contributed by atoms with Gasteiger partial charge in [0.2, 0.25) is 5.69 Å². The SMILES string of the molecule is [C-]#[N+]c1c(-n2c3ccccc3c3ccc(-c4nc(-c5ccccc5)nc(-c5ccccc5)n4)cc32)ccc(-c2cc(F)cc(F)c2)c1-n1c2ccccc2c2ccc(-c3nc(-c4ccccc4)nc(-c4ccccc4)n3)cc21. The number of halogens is 2. The van der Waals surface area contributed by atoms with Crippen molar-refractivity contribution in [3.05, 3.63) is 260 Å². The van der Waals surface area contributed by atoms with Gasteiger partial charge in [-0.3, -0.25) is 0 Å². The summed E-state index contributed by atoms with van der Waals surface area (Å²) in [4.78, 5) is 34.6. The molecule has 4 aromatic heterocycles. The summed E-state index contributed by atoms with van der Waals surface area (Å²) in [5, 5.41) is 3.69. The predicted octanol–water partition coefficient (Wildman–Crippen LogP) is 16.7. The maximum Gasteiger partial charge on any atom is 0.234 e. The van der Waals surface area contributed by atoms with Crippen LogP contribution in [0.25, 0.3) is 139 Å². The van der Waals surface area contributed by atoms with E-state index in [4.69, 9.17) is 29.9 Å². The van der Waals surface area contributed by atoms with Gasteiger partial charge < -0.3 is 9.13 Å². The second-order valence-electron chi connectivity index (χ2n) is 18.8. The number of para-hydroxylation sites is 2. The Labute approximate surface area is 445 Å². The van der Waals surface area contributed by atoms with Crippen LogP contribution in [0.2, 0.25) is 0 Å². The zero-order chi connectivity index (χ0) is 52.3. The van der Waals surface area contributed by atoms with Gasteiger partial charge >= 0.3 is 0 Å². The Morgan fingerprint density at radius 1 is 0.308 bits per heavy atom. The lowest BCUT2D eigenvalue weighted by Crippen LogP contribution is -2.03. The average molecular weight is 1010 g/mol. The summed E-state index contributed by atoms with van der Waals surface area (Å²) in [6.45, 7) is 9.28. The lowest BCUT2D eigenvalue weighted by molar-refractivity contribution is 0.584. The Morgan fingerprint density at radius 2 is 0.667 bits per heavy atom. The van der Waals surface area contributed by atoms with Crippen LogP contribution in [0, 0.1) is 18.2 Å². The number of hydrogen-bond donors (Lipinski definition) is 0. The zero-order valence-corrected chi connectivity index (χ0v) is 41.3. The molecule has 0 aliphatic heterocycles. The predicted molar refractivity (Wildman–Crippen MR) is 306 cm³/mol. The number of nitrogens with zero attached hydrogens (tertiary/aromatic N) is 9. The molecule has 0 atom stereocenters. The minimum absolute atomic E-state index is 0.244. The van der Waals surface area contributed by atoms with Crippen LogP contribution in [0.5, 0.6) is 0 Å². The number of aromatic nitrogens is 8. The summed E-state index contributed by atoms with van der Waals surface area (Å²) >= 11 is 0. The van der Waals surface area contributed by atoms with Gasteiger partial charge in [-0.2, -0.15) is 0 Å². The standard InChI is InChI=1S/C67H39F2N9/c1-70-60-57(77-55-28-16-14-26-51(55)53-32-30-45(38-58(53)77)66-73-62(41-18-6-2-7-19-41)71-63(74-66)42-20-8-3-9-21-42)35-34-50(47-36-48(68)40-49(69)37-47)61(60)78-56-29-17-15-27-52(56)54-33-31-46(39-59(54)78)67-75-64(43-22-10-4-11-23-43)72-65(76-67)44-24-12-5-13-25-44/h2-40H. The van der Waals surface area contributed by atoms with Crippen LogP contribution >= 0.6 is 0 Å². The Hall–Kier alpha value is -10.8.